The summed E-state index contributed by atoms with van der Waals surface area (Å²) in [6.45, 7) is -0.512. The highest BCUT2D eigenvalue weighted by atomic mass is 35.5. The predicted molar refractivity (Wildman–Crippen MR) is 86.4 cm³/mol. The van der Waals surface area contributed by atoms with Gasteiger partial charge in [-0.15, -0.1) is 0 Å². The van der Waals surface area contributed by atoms with Gasteiger partial charge in [-0.3, -0.25) is 4.79 Å². The molecule has 4 nitrogen and oxygen atoms in total. The van der Waals surface area contributed by atoms with Crippen LogP contribution in [0.3, 0.4) is 0 Å². The van der Waals surface area contributed by atoms with Gasteiger partial charge in [-0.1, -0.05) is 23.7 Å². The number of rotatable bonds is 5. The summed E-state index contributed by atoms with van der Waals surface area (Å²) in [6, 6.07) is 9.17. The van der Waals surface area contributed by atoms with Crippen molar-refractivity contribution in [3.8, 4) is 0 Å². The first kappa shape index (κ1) is 17.6. The van der Waals surface area contributed by atoms with Crippen LogP contribution in [0.15, 0.2) is 48.5 Å². The van der Waals surface area contributed by atoms with Crippen LogP contribution in [0, 0.1) is 11.6 Å². The molecule has 0 spiro atoms. The molecule has 1 N–H and O–H groups in total. The van der Waals surface area contributed by atoms with Gasteiger partial charge in [0.1, 0.15) is 11.6 Å². The quantitative estimate of drug-likeness (QED) is 0.658. The zero-order chi connectivity index (χ0) is 17.5. The van der Waals surface area contributed by atoms with Crippen LogP contribution in [0.5, 0.6) is 0 Å². The standard InChI is InChI=1S/C17H12ClF2NO3/c18-14-9-13(6-7-15(14)20)21-16(22)10-24-17(23)8-3-11-1-4-12(19)5-2-11/h1-9H,10H2,(H,21,22)/b8-3+. The number of carbonyl (C=O) groups is 2. The molecule has 0 aromatic heterocycles. The molecule has 1 amide bonds. The fourth-order valence-electron chi connectivity index (χ4n) is 1.69. The summed E-state index contributed by atoms with van der Waals surface area (Å²) in [6.07, 6.45) is 2.55. The van der Waals surface area contributed by atoms with E-state index in [1.807, 2.05) is 0 Å². The van der Waals surface area contributed by atoms with Gasteiger partial charge in [0.15, 0.2) is 6.61 Å². The minimum atomic E-state index is -0.730. The molecular weight excluding hydrogens is 340 g/mol. The molecule has 0 aliphatic rings. The second-order valence-corrected chi connectivity index (χ2v) is 5.08. The van der Waals surface area contributed by atoms with Gasteiger partial charge in [-0.25, -0.2) is 13.6 Å². The minimum absolute atomic E-state index is 0.132. The molecule has 0 fully saturated rings. The monoisotopic (exact) mass is 351 g/mol. The fraction of sp³-hybridized carbons (Fsp3) is 0.0588. The van der Waals surface area contributed by atoms with Crippen LogP contribution in [0.2, 0.25) is 5.02 Å². The second-order valence-electron chi connectivity index (χ2n) is 4.67. The lowest BCUT2D eigenvalue weighted by atomic mass is 10.2. The average Bonchev–Trinajstić information content (AvgIpc) is 2.56. The molecular formula is C17H12ClF2NO3. The van der Waals surface area contributed by atoms with Gasteiger partial charge in [-0.05, 0) is 42.0 Å². The first-order chi connectivity index (χ1) is 11.4. The predicted octanol–water partition coefficient (Wildman–Crippen LogP) is 3.81. The Morgan fingerprint density at radius 1 is 1.12 bits per heavy atom. The van der Waals surface area contributed by atoms with Crippen LogP contribution in [0.4, 0.5) is 14.5 Å². The molecule has 0 atom stereocenters. The van der Waals surface area contributed by atoms with E-state index in [1.165, 1.54) is 42.5 Å². The van der Waals surface area contributed by atoms with Gasteiger partial charge in [-0.2, -0.15) is 0 Å². The molecule has 2 aromatic carbocycles. The number of benzene rings is 2. The van der Waals surface area contributed by atoms with Crippen LogP contribution >= 0.6 is 11.6 Å². The zero-order valence-corrected chi connectivity index (χ0v) is 13.0. The SMILES string of the molecule is O=C(COC(=O)/C=C/c1ccc(F)cc1)Nc1ccc(F)c(Cl)c1. The Morgan fingerprint density at radius 2 is 1.83 bits per heavy atom. The summed E-state index contributed by atoms with van der Waals surface area (Å²) in [7, 11) is 0. The van der Waals surface area contributed by atoms with Gasteiger partial charge in [0.25, 0.3) is 5.91 Å². The van der Waals surface area contributed by atoms with Crippen molar-refractivity contribution < 1.29 is 23.1 Å². The third kappa shape index (κ3) is 5.48. The van der Waals surface area contributed by atoms with Crippen LogP contribution in [-0.2, 0) is 14.3 Å². The Morgan fingerprint density at radius 3 is 2.50 bits per heavy atom. The summed E-state index contributed by atoms with van der Waals surface area (Å²) in [4.78, 5) is 23.1. The molecule has 0 heterocycles. The van der Waals surface area contributed by atoms with Gasteiger partial charge in [0.05, 0.1) is 5.02 Å². The maximum atomic E-state index is 13.0. The third-order valence-corrected chi connectivity index (χ3v) is 3.12. The van der Waals surface area contributed by atoms with Gasteiger partial charge >= 0.3 is 5.97 Å². The molecule has 7 heteroatoms. The molecule has 2 aromatic rings. The summed E-state index contributed by atoms with van der Waals surface area (Å²) < 4.78 is 30.5. The summed E-state index contributed by atoms with van der Waals surface area (Å²) in [5.41, 5.74) is 0.892. The molecule has 0 saturated heterocycles. The first-order valence-electron chi connectivity index (χ1n) is 6.79. The van der Waals surface area contributed by atoms with E-state index in [2.05, 4.69) is 5.32 Å². The maximum absolute atomic E-state index is 13.0. The highest BCUT2D eigenvalue weighted by molar-refractivity contribution is 6.31. The maximum Gasteiger partial charge on any atom is 0.331 e. The number of carbonyl (C=O) groups excluding carboxylic acids is 2. The molecule has 0 bridgehead atoms. The lowest BCUT2D eigenvalue weighted by molar-refractivity contribution is -0.142. The topological polar surface area (TPSA) is 55.4 Å². The Labute approximate surface area is 141 Å². The number of nitrogens with one attached hydrogen (secondary N) is 1. The smallest absolute Gasteiger partial charge is 0.331 e. The van der Waals surface area contributed by atoms with E-state index in [-0.39, 0.29) is 16.5 Å². The lowest BCUT2D eigenvalue weighted by Gasteiger charge is -2.06. The molecule has 2 rings (SSSR count). The van der Waals surface area contributed by atoms with E-state index in [1.54, 1.807) is 0 Å². The van der Waals surface area contributed by atoms with Crippen LogP contribution in [-0.4, -0.2) is 18.5 Å². The molecule has 0 radical (unpaired) electrons. The van der Waals surface area contributed by atoms with Gasteiger partial charge < -0.3 is 10.1 Å². The Bertz CT molecular complexity index is 776. The summed E-state index contributed by atoms with van der Waals surface area (Å²) in [5, 5.41) is 2.28. The largest absolute Gasteiger partial charge is 0.452 e. The molecule has 24 heavy (non-hydrogen) atoms. The van der Waals surface area contributed by atoms with Crippen molar-refractivity contribution in [2.45, 2.75) is 0 Å². The highest BCUT2D eigenvalue weighted by Gasteiger charge is 2.07. The zero-order valence-electron chi connectivity index (χ0n) is 12.3. The van der Waals surface area contributed by atoms with E-state index >= 15 is 0 Å². The van der Waals surface area contributed by atoms with Gasteiger partial charge in [0, 0.05) is 11.8 Å². The van der Waals surface area contributed by atoms with Crippen molar-refractivity contribution in [1.82, 2.24) is 0 Å². The first-order valence-corrected chi connectivity index (χ1v) is 7.17. The van der Waals surface area contributed by atoms with E-state index in [4.69, 9.17) is 16.3 Å². The van der Waals surface area contributed by atoms with E-state index in [9.17, 15) is 18.4 Å². The Hall–Kier alpha value is -2.73. The van der Waals surface area contributed by atoms with Crippen molar-refractivity contribution in [1.29, 1.82) is 0 Å². The lowest BCUT2D eigenvalue weighted by Crippen LogP contribution is -2.20. The van der Waals surface area contributed by atoms with Crippen LogP contribution in [0.1, 0.15) is 5.56 Å². The number of hydrogen-bond acceptors (Lipinski definition) is 3. The van der Waals surface area contributed by atoms with E-state index in [0.717, 1.165) is 12.1 Å². The summed E-state index contributed by atoms with van der Waals surface area (Å²) in [5.74, 6) is -2.31. The van der Waals surface area contributed by atoms with Crippen LogP contribution < -0.4 is 5.32 Å². The minimum Gasteiger partial charge on any atom is -0.452 e. The van der Waals surface area contributed by atoms with Crippen molar-refractivity contribution in [3.63, 3.8) is 0 Å². The number of amides is 1. The van der Waals surface area contributed by atoms with Crippen molar-refractivity contribution in [2.75, 3.05) is 11.9 Å². The second kappa shape index (κ2) is 8.21. The number of esters is 1. The Balaban J connectivity index is 1.81. The number of hydrogen-bond donors (Lipinski definition) is 1. The van der Waals surface area contributed by atoms with Crippen molar-refractivity contribution >= 4 is 35.2 Å². The van der Waals surface area contributed by atoms with Crippen molar-refractivity contribution in [2.24, 2.45) is 0 Å². The van der Waals surface area contributed by atoms with Crippen molar-refractivity contribution in [3.05, 3.63) is 70.8 Å². The highest BCUT2D eigenvalue weighted by Crippen LogP contribution is 2.19. The molecule has 0 unspecified atom stereocenters. The summed E-state index contributed by atoms with van der Waals surface area (Å²) >= 11 is 5.59. The Kier molecular flexibility index (Phi) is 6.03. The number of halogens is 3. The van der Waals surface area contributed by atoms with E-state index < -0.39 is 24.3 Å². The molecule has 0 aliphatic heterocycles. The van der Waals surface area contributed by atoms with Gasteiger partial charge in [0.2, 0.25) is 0 Å². The van der Waals surface area contributed by atoms with E-state index in [0.29, 0.717) is 5.56 Å². The number of ether oxygens (including phenoxy) is 1. The molecule has 0 saturated carbocycles. The molecule has 0 aliphatic carbocycles. The molecule has 124 valence electrons. The van der Waals surface area contributed by atoms with Crippen LogP contribution in [0.25, 0.3) is 6.08 Å². The fourth-order valence-corrected chi connectivity index (χ4v) is 1.87. The average molecular weight is 352 g/mol. The normalized spacial score (nSPS) is 10.6. The number of anilines is 1. The third-order valence-electron chi connectivity index (χ3n) is 2.83.